The van der Waals surface area contributed by atoms with E-state index in [9.17, 15) is 9.59 Å². The molecule has 0 spiro atoms. The lowest BCUT2D eigenvalue weighted by Gasteiger charge is -2.27. The number of benzene rings is 2. The molecule has 1 aliphatic rings. The summed E-state index contributed by atoms with van der Waals surface area (Å²) >= 11 is 3.38. The molecule has 0 radical (unpaired) electrons. The lowest BCUT2D eigenvalue weighted by molar-refractivity contribution is -0.122. The molecule has 3 rings (SSSR count). The summed E-state index contributed by atoms with van der Waals surface area (Å²) in [6.07, 6.45) is -0.861. The van der Waals surface area contributed by atoms with E-state index < -0.39 is 12.2 Å². The highest BCUT2D eigenvalue weighted by molar-refractivity contribution is 9.10. The van der Waals surface area contributed by atoms with Gasteiger partial charge in [0.2, 0.25) is 6.23 Å². The molecular weight excluding hydrogens is 376 g/mol. The van der Waals surface area contributed by atoms with Gasteiger partial charge in [-0.25, -0.2) is 4.79 Å². The van der Waals surface area contributed by atoms with Gasteiger partial charge in [-0.1, -0.05) is 22.0 Å². The molecule has 1 unspecified atom stereocenters. The highest BCUT2D eigenvalue weighted by Gasteiger charge is 2.28. The van der Waals surface area contributed by atoms with E-state index >= 15 is 0 Å². The van der Waals surface area contributed by atoms with Crippen molar-refractivity contribution in [3.8, 4) is 5.75 Å². The van der Waals surface area contributed by atoms with Gasteiger partial charge in [-0.2, -0.15) is 0 Å². The number of esters is 1. The van der Waals surface area contributed by atoms with Crippen LogP contribution in [0, 0.1) is 0 Å². The van der Waals surface area contributed by atoms with E-state index in [1.54, 1.807) is 25.1 Å². The number of ether oxygens (including phenoxy) is 2. The van der Waals surface area contributed by atoms with Gasteiger partial charge in [0, 0.05) is 10.2 Å². The predicted octanol–water partition coefficient (Wildman–Crippen LogP) is 3.39. The van der Waals surface area contributed by atoms with Gasteiger partial charge in [-0.3, -0.25) is 4.79 Å². The fraction of sp³-hybridized carbons (Fsp3) is 0.176. The average Bonchev–Trinajstić information content (AvgIpc) is 2.55. The Bertz CT molecular complexity index is 794. The number of rotatable bonds is 4. The zero-order valence-electron chi connectivity index (χ0n) is 12.8. The van der Waals surface area contributed by atoms with Gasteiger partial charge in [0.05, 0.1) is 17.9 Å². The molecule has 1 amide bonds. The Morgan fingerprint density at radius 1 is 1.33 bits per heavy atom. The van der Waals surface area contributed by atoms with Crippen LogP contribution in [0.2, 0.25) is 0 Å². The molecule has 2 aromatic carbocycles. The van der Waals surface area contributed by atoms with Crippen LogP contribution in [0.3, 0.4) is 0 Å². The molecular formula is C17H15BrN2O4. The lowest BCUT2D eigenvalue weighted by atomic mass is 10.1. The number of carbonyl (C=O) groups is 2. The number of anilines is 2. The standard InChI is InChI=1S/C17H15BrN2O4/c1-2-23-17(22)10-6-7-14-13(8-10)20-15(21)16(24-14)19-12-5-3-4-11(18)9-12/h3-9,16,19H,2H2,1H3,(H,20,21). The van der Waals surface area contributed by atoms with E-state index in [0.717, 1.165) is 10.2 Å². The van der Waals surface area contributed by atoms with Gasteiger partial charge < -0.3 is 20.1 Å². The van der Waals surface area contributed by atoms with Gasteiger partial charge in [0.25, 0.3) is 5.91 Å². The minimum absolute atomic E-state index is 0.289. The number of hydrogen-bond acceptors (Lipinski definition) is 5. The molecule has 0 saturated heterocycles. The van der Waals surface area contributed by atoms with Crippen LogP contribution >= 0.6 is 15.9 Å². The smallest absolute Gasteiger partial charge is 0.338 e. The van der Waals surface area contributed by atoms with Crippen LogP contribution in [0.5, 0.6) is 5.75 Å². The Kier molecular flexibility index (Phi) is 4.71. The molecule has 7 heteroatoms. The van der Waals surface area contributed by atoms with E-state index in [1.165, 1.54) is 0 Å². The van der Waals surface area contributed by atoms with Gasteiger partial charge in [0.15, 0.2) is 0 Å². The minimum atomic E-state index is -0.861. The minimum Gasteiger partial charge on any atom is -0.462 e. The van der Waals surface area contributed by atoms with Crippen LogP contribution < -0.4 is 15.4 Å². The Morgan fingerprint density at radius 2 is 2.17 bits per heavy atom. The molecule has 1 aliphatic heterocycles. The SMILES string of the molecule is CCOC(=O)c1ccc2c(c1)NC(=O)C(Nc1cccc(Br)c1)O2. The van der Waals surface area contributed by atoms with Gasteiger partial charge in [-0.15, -0.1) is 0 Å². The first-order chi connectivity index (χ1) is 11.6. The van der Waals surface area contributed by atoms with Crippen molar-refractivity contribution in [1.29, 1.82) is 0 Å². The Morgan fingerprint density at radius 3 is 2.92 bits per heavy atom. The van der Waals surface area contributed by atoms with Crippen molar-refractivity contribution in [2.24, 2.45) is 0 Å². The first-order valence-corrected chi connectivity index (χ1v) is 8.17. The summed E-state index contributed by atoms with van der Waals surface area (Å²) in [5.74, 6) is -0.303. The molecule has 0 saturated carbocycles. The van der Waals surface area contributed by atoms with Gasteiger partial charge in [-0.05, 0) is 43.3 Å². The second-order valence-electron chi connectivity index (χ2n) is 5.07. The third-order valence-electron chi connectivity index (χ3n) is 3.35. The van der Waals surface area contributed by atoms with Crippen LogP contribution in [0.25, 0.3) is 0 Å². The first kappa shape index (κ1) is 16.3. The van der Waals surface area contributed by atoms with Gasteiger partial charge >= 0.3 is 5.97 Å². The van der Waals surface area contributed by atoms with Crippen LogP contribution in [0.15, 0.2) is 46.9 Å². The third kappa shape index (κ3) is 3.51. The van der Waals surface area contributed by atoms with Crippen LogP contribution in [-0.2, 0) is 9.53 Å². The average molecular weight is 391 g/mol. The maximum Gasteiger partial charge on any atom is 0.338 e. The molecule has 2 aromatic rings. The molecule has 0 fully saturated rings. The Balaban J connectivity index is 1.78. The second-order valence-corrected chi connectivity index (χ2v) is 5.99. The molecule has 0 aromatic heterocycles. The summed E-state index contributed by atoms with van der Waals surface area (Å²) in [7, 11) is 0. The molecule has 6 nitrogen and oxygen atoms in total. The summed E-state index contributed by atoms with van der Waals surface area (Å²) in [6, 6.07) is 12.2. The molecule has 124 valence electrons. The number of carbonyl (C=O) groups excluding carboxylic acids is 2. The van der Waals surface area contributed by atoms with Crippen molar-refractivity contribution < 1.29 is 19.1 Å². The quantitative estimate of drug-likeness (QED) is 0.782. The van der Waals surface area contributed by atoms with Crippen molar-refractivity contribution >= 4 is 39.2 Å². The van der Waals surface area contributed by atoms with Crippen LogP contribution in [0.4, 0.5) is 11.4 Å². The molecule has 24 heavy (non-hydrogen) atoms. The van der Waals surface area contributed by atoms with E-state index in [-0.39, 0.29) is 12.5 Å². The summed E-state index contributed by atoms with van der Waals surface area (Å²) in [6.45, 7) is 2.02. The molecule has 0 aliphatic carbocycles. The van der Waals surface area contributed by atoms with E-state index in [0.29, 0.717) is 17.0 Å². The molecule has 0 bridgehead atoms. The van der Waals surface area contributed by atoms with Crippen LogP contribution in [-0.4, -0.2) is 24.7 Å². The fourth-order valence-corrected chi connectivity index (χ4v) is 2.67. The highest BCUT2D eigenvalue weighted by atomic mass is 79.9. The highest BCUT2D eigenvalue weighted by Crippen LogP contribution is 2.31. The van der Waals surface area contributed by atoms with Crippen molar-refractivity contribution in [3.63, 3.8) is 0 Å². The normalized spacial score (nSPS) is 15.8. The lowest BCUT2D eigenvalue weighted by Crippen LogP contribution is -2.42. The number of nitrogens with one attached hydrogen (secondary N) is 2. The molecule has 1 atom stereocenters. The zero-order valence-corrected chi connectivity index (χ0v) is 14.4. The largest absolute Gasteiger partial charge is 0.462 e. The van der Waals surface area contributed by atoms with Crippen molar-refractivity contribution in [2.75, 3.05) is 17.2 Å². The molecule has 2 N–H and O–H groups in total. The molecule has 1 heterocycles. The maximum atomic E-state index is 12.2. The topological polar surface area (TPSA) is 76.7 Å². The number of hydrogen-bond donors (Lipinski definition) is 2. The van der Waals surface area contributed by atoms with E-state index in [2.05, 4.69) is 26.6 Å². The second kappa shape index (κ2) is 6.92. The third-order valence-corrected chi connectivity index (χ3v) is 3.85. The van der Waals surface area contributed by atoms with Crippen molar-refractivity contribution in [3.05, 3.63) is 52.5 Å². The first-order valence-electron chi connectivity index (χ1n) is 7.37. The summed E-state index contributed by atoms with van der Waals surface area (Å²) in [5.41, 5.74) is 1.55. The van der Waals surface area contributed by atoms with Crippen LogP contribution in [0.1, 0.15) is 17.3 Å². The Hall–Kier alpha value is -2.54. The van der Waals surface area contributed by atoms with E-state index in [4.69, 9.17) is 9.47 Å². The number of amides is 1. The summed E-state index contributed by atoms with van der Waals surface area (Å²) < 4.78 is 11.5. The number of halogens is 1. The van der Waals surface area contributed by atoms with Crippen molar-refractivity contribution in [1.82, 2.24) is 0 Å². The monoisotopic (exact) mass is 390 g/mol. The fourth-order valence-electron chi connectivity index (χ4n) is 2.28. The predicted molar refractivity (Wildman–Crippen MR) is 93.2 cm³/mol. The van der Waals surface area contributed by atoms with E-state index in [1.807, 2.05) is 24.3 Å². The maximum absolute atomic E-state index is 12.2. The number of fused-ring (bicyclic) bond motifs is 1. The van der Waals surface area contributed by atoms with Crippen molar-refractivity contribution in [2.45, 2.75) is 13.2 Å². The summed E-state index contributed by atoms with van der Waals surface area (Å²) in [4.78, 5) is 24.0. The Labute approximate surface area is 147 Å². The summed E-state index contributed by atoms with van der Waals surface area (Å²) in [5, 5.41) is 5.75. The van der Waals surface area contributed by atoms with Gasteiger partial charge in [0.1, 0.15) is 5.75 Å². The zero-order chi connectivity index (χ0) is 17.1.